The Kier molecular flexibility index (Phi) is 5.46. The molecule has 0 aromatic carbocycles. The van der Waals surface area contributed by atoms with Crippen LogP contribution >= 0.6 is 11.8 Å². The lowest BCUT2D eigenvalue weighted by Crippen LogP contribution is -2.31. The molecule has 0 bridgehead atoms. The summed E-state index contributed by atoms with van der Waals surface area (Å²) in [5, 5.41) is 4.30. The quantitative estimate of drug-likeness (QED) is 0.840. The second-order valence-corrected chi connectivity index (χ2v) is 6.20. The minimum absolute atomic E-state index is 0.535. The van der Waals surface area contributed by atoms with Gasteiger partial charge in [0.2, 0.25) is 0 Å². The first-order chi connectivity index (χ1) is 8.38. The fourth-order valence-corrected chi connectivity index (χ4v) is 3.86. The second-order valence-electron chi connectivity index (χ2n) is 4.86. The molecule has 1 heterocycles. The fourth-order valence-electron chi connectivity index (χ4n) is 2.40. The molecule has 1 aliphatic rings. The number of rotatable bonds is 6. The third-order valence-corrected chi connectivity index (χ3v) is 5.06. The van der Waals surface area contributed by atoms with E-state index in [4.69, 9.17) is 4.42 Å². The zero-order valence-electron chi connectivity index (χ0n) is 10.7. The summed E-state index contributed by atoms with van der Waals surface area (Å²) in [4.78, 5) is 0. The molecular formula is C14H23NOS. The van der Waals surface area contributed by atoms with Gasteiger partial charge < -0.3 is 9.73 Å². The minimum Gasteiger partial charge on any atom is -0.469 e. The Hall–Kier alpha value is -0.410. The molecule has 1 aromatic heterocycles. The van der Waals surface area contributed by atoms with Crippen LogP contribution in [-0.2, 0) is 6.42 Å². The van der Waals surface area contributed by atoms with Gasteiger partial charge >= 0.3 is 0 Å². The van der Waals surface area contributed by atoms with Crippen LogP contribution in [0.4, 0.5) is 0 Å². The van der Waals surface area contributed by atoms with Crippen LogP contribution < -0.4 is 5.32 Å². The van der Waals surface area contributed by atoms with E-state index in [0.29, 0.717) is 6.04 Å². The van der Waals surface area contributed by atoms with Gasteiger partial charge in [0.15, 0.2) is 0 Å². The Morgan fingerprint density at radius 2 is 2.24 bits per heavy atom. The molecule has 1 N–H and O–H groups in total. The van der Waals surface area contributed by atoms with E-state index < -0.39 is 0 Å². The standard InChI is InChI=1S/C14H23NOS/c1-15-12(10-13-6-5-9-16-13)11-17-14-7-3-2-4-8-14/h5-6,9,12,14-15H,2-4,7-8,10-11H2,1H3. The van der Waals surface area contributed by atoms with Crippen molar-refractivity contribution in [3.8, 4) is 0 Å². The molecule has 1 aliphatic carbocycles. The van der Waals surface area contributed by atoms with Crippen molar-refractivity contribution in [1.82, 2.24) is 5.32 Å². The summed E-state index contributed by atoms with van der Waals surface area (Å²) in [6.45, 7) is 0. The van der Waals surface area contributed by atoms with Gasteiger partial charge in [-0.1, -0.05) is 19.3 Å². The van der Waals surface area contributed by atoms with Crippen LogP contribution in [-0.4, -0.2) is 24.1 Å². The van der Waals surface area contributed by atoms with Crippen molar-refractivity contribution in [2.45, 2.75) is 49.8 Å². The van der Waals surface area contributed by atoms with Gasteiger partial charge in [-0.3, -0.25) is 0 Å². The van der Waals surface area contributed by atoms with E-state index in [-0.39, 0.29) is 0 Å². The van der Waals surface area contributed by atoms with Crippen molar-refractivity contribution in [3.63, 3.8) is 0 Å². The number of hydrogen-bond acceptors (Lipinski definition) is 3. The maximum Gasteiger partial charge on any atom is 0.105 e. The molecule has 0 saturated heterocycles. The SMILES string of the molecule is CNC(CSC1CCCCC1)Cc1ccco1. The molecule has 1 saturated carbocycles. The van der Waals surface area contributed by atoms with Crippen molar-refractivity contribution in [3.05, 3.63) is 24.2 Å². The van der Waals surface area contributed by atoms with Gasteiger partial charge in [0.1, 0.15) is 5.76 Å². The van der Waals surface area contributed by atoms with Crippen LogP contribution in [0.5, 0.6) is 0 Å². The summed E-state index contributed by atoms with van der Waals surface area (Å²) >= 11 is 2.15. The summed E-state index contributed by atoms with van der Waals surface area (Å²) in [6, 6.07) is 4.57. The Bertz CT molecular complexity index is 293. The van der Waals surface area contributed by atoms with Crippen molar-refractivity contribution in [1.29, 1.82) is 0 Å². The number of furan rings is 1. The van der Waals surface area contributed by atoms with E-state index in [0.717, 1.165) is 17.4 Å². The number of hydrogen-bond donors (Lipinski definition) is 1. The first-order valence-electron chi connectivity index (χ1n) is 6.69. The molecule has 1 atom stereocenters. The van der Waals surface area contributed by atoms with Crippen LogP contribution in [0.25, 0.3) is 0 Å². The highest BCUT2D eigenvalue weighted by molar-refractivity contribution is 7.99. The Balaban J connectivity index is 1.71. The minimum atomic E-state index is 0.535. The van der Waals surface area contributed by atoms with Crippen LogP contribution in [0.3, 0.4) is 0 Å². The van der Waals surface area contributed by atoms with E-state index in [1.807, 2.05) is 6.07 Å². The van der Waals surface area contributed by atoms with E-state index in [1.54, 1.807) is 6.26 Å². The van der Waals surface area contributed by atoms with Gasteiger partial charge in [0.25, 0.3) is 0 Å². The van der Waals surface area contributed by atoms with Gasteiger partial charge in [0, 0.05) is 23.5 Å². The summed E-state index contributed by atoms with van der Waals surface area (Å²) < 4.78 is 5.41. The zero-order chi connectivity index (χ0) is 11.9. The molecule has 1 unspecified atom stereocenters. The third kappa shape index (κ3) is 4.40. The van der Waals surface area contributed by atoms with E-state index >= 15 is 0 Å². The Morgan fingerprint density at radius 3 is 2.88 bits per heavy atom. The molecule has 1 aromatic rings. The highest BCUT2D eigenvalue weighted by atomic mass is 32.2. The summed E-state index contributed by atoms with van der Waals surface area (Å²) in [5.41, 5.74) is 0. The lowest BCUT2D eigenvalue weighted by Gasteiger charge is -2.23. The normalized spacial score (nSPS) is 19.4. The molecule has 17 heavy (non-hydrogen) atoms. The molecule has 0 radical (unpaired) electrons. The maximum atomic E-state index is 5.41. The van der Waals surface area contributed by atoms with Gasteiger partial charge in [-0.15, -0.1) is 0 Å². The van der Waals surface area contributed by atoms with Crippen molar-refractivity contribution in [2.75, 3.05) is 12.8 Å². The van der Waals surface area contributed by atoms with Gasteiger partial charge in [-0.05, 0) is 32.0 Å². The number of nitrogens with one attached hydrogen (secondary N) is 1. The lowest BCUT2D eigenvalue weighted by molar-refractivity contribution is 0.473. The molecule has 3 heteroatoms. The monoisotopic (exact) mass is 253 g/mol. The summed E-state index contributed by atoms with van der Waals surface area (Å²) in [7, 11) is 2.05. The molecule has 2 rings (SSSR count). The van der Waals surface area contributed by atoms with Crippen molar-refractivity contribution < 1.29 is 4.42 Å². The largest absolute Gasteiger partial charge is 0.469 e. The number of likely N-dealkylation sites (N-methyl/N-ethyl adjacent to an activating group) is 1. The topological polar surface area (TPSA) is 25.2 Å². The molecular weight excluding hydrogens is 230 g/mol. The summed E-state index contributed by atoms with van der Waals surface area (Å²) in [6.07, 6.45) is 9.91. The molecule has 2 nitrogen and oxygen atoms in total. The molecule has 96 valence electrons. The molecule has 0 spiro atoms. The number of thioether (sulfide) groups is 1. The van der Waals surface area contributed by atoms with Crippen LogP contribution in [0.2, 0.25) is 0 Å². The van der Waals surface area contributed by atoms with E-state index in [2.05, 4.69) is 30.2 Å². The van der Waals surface area contributed by atoms with Gasteiger partial charge in [-0.2, -0.15) is 11.8 Å². The van der Waals surface area contributed by atoms with Crippen molar-refractivity contribution >= 4 is 11.8 Å². The van der Waals surface area contributed by atoms with Crippen LogP contribution in [0.15, 0.2) is 22.8 Å². The smallest absolute Gasteiger partial charge is 0.105 e. The zero-order valence-corrected chi connectivity index (χ0v) is 11.5. The predicted octanol–water partition coefficient (Wildman–Crippen LogP) is 3.48. The summed E-state index contributed by atoms with van der Waals surface area (Å²) in [5.74, 6) is 2.29. The predicted molar refractivity (Wildman–Crippen MR) is 74.6 cm³/mol. The fraction of sp³-hybridized carbons (Fsp3) is 0.714. The van der Waals surface area contributed by atoms with Gasteiger partial charge in [-0.25, -0.2) is 0 Å². The highest BCUT2D eigenvalue weighted by Gasteiger charge is 2.16. The maximum absolute atomic E-state index is 5.41. The van der Waals surface area contributed by atoms with Gasteiger partial charge in [0.05, 0.1) is 6.26 Å². The Morgan fingerprint density at radius 1 is 1.41 bits per heavy atom. The third-order valence-electron chi connectivity index (χ3n) is 3.52. The van der Waals surface area contributed by atoms with E-state index in [1.165, 1.54) is 37.9 Å². The average molecular weight is 253 g/mol. The first-order valence-corrected chi connectivity index (χ1v) is 7.74. The van der Waals surface area contributed by atoms with Crippen molar-refractivity contribution in [2.24, 2.45) is 0 Å². The second kappa shape index (κ2) is 7.12. The molecule has 0 amide bonds. The highest BCUT2D eigenvalue weighted by Crippen LogP contribution is 2.28. The molecule has 1 fully saturated rings. The Labute approximate surface area is 109 Å². The average Bonchev–Trinajstić information content (AvgIpc) is 2.88. The lowest BCUT2D eigenvalue weighted by atomic mass is 10.0. The van der Waals surface area contributed by atoms with Crippen LogP contribution in [0.1, 0.15) is 37.9 Å². The van der Waals surface area contributed by atoms with E-state index in [9.17, 15) is 0 Å². The molecule has 0 aliphatic heterocycles. The first kappa shape index (κ1) is 13.0. The van der Waals surface area contributed by atoms with Crippen LogP contribution in [0, 0.1) is 0 Å².